The largest absolute Gasteiger partial charge is 0.483 e. The lowest BCUT2D eigenvalue weighted by molar-refractivity contribution is -0.118. The average molecular weight is 351 g/mol. The Morgan fingerprint density at radius 3 is 2.69 bits per heavy atom. The Morgan fingerprint density at radius 2 is 1.96 bits per heavy atom. The molecule has 0 unspecified atom stereocenters. The number of rotatable bonds is 5. The van der Waals surface area contributed by atoms with E-state index >= 15 is 0 Å². The molecule has 2 heterocycles. The number of aryl methyl sites for hydroxylation is 3. The summed E-state index contributed by atoms with van der Waals surface area (Å²) in [6.07, 6.45) is 1.40. The zero-order chi connectivity index (χ0) is 18.7. The summed E-state index contributed by atoms with van der Waals surface area (Å²) in [7, 11) is 0. The lowest BCUT2D eigenvalue weighted by Crippen LogP contribution is -2.21. The van der Waals surface area contributed by atoms with Gasteiger partial charge in [0.1, 0.15) is 17.9 Å². The van der Waals surface area contributed by atoms with Gasteiger partial charge in [0.2, 0.25) is 0 Å². The van der Waals surface area contributed by atoms with E-state index in [2.05, 4.69) is 20.4 Å². The maximum Gasteiger partial charge on any atom is 0.263 e. The molecule has 26 heavy (non-hydrogen) atoms. The van der Waals surface area contributed by atoms with E-state index in [4.69, 9.17) is 4.74 Å². The maximum atomic E-state index is 12.2. The summed E-state index contributed by atoms with van der Waals surface area (Å²) < 4.78 is 7.32. The van der Waals surface area contributed by atoms with Crippen molar-refractivity contribution < 1.29 is 9.53 Å². The van der Waals surface area contributed by atoms with Gasteiger partial charge in [-0.15, -0.1) is 0 Å². The number of amides is 1. The van der Waals surface area contributed by atoms with Gasteiger partial charge in [-0.2, -0.15) is 5.10 Å². The van der Waals surface area contributed by atoms with Crippen LogP contribution in [-0.4, -0.2) is 32.3 Å². The van der Waals surface area contributed by atoms with E-state index in [1.165, 1.54) is 6.33 Å². The van der Waals surface area contributed by atoms with Crippen LogP contribution in [0, 0.1) is 27.7 Å². The molecule has 2 aromatic heterocycles. The molecule has 0 radical (unpaired) electrons. The second kappa shape index (κ2) is 7.35. The monoisotopic (exact) mass is 351 g/mol. The van der Waals surface area contributed by atoms with E-state index in [9.17, 15) is 4.79 Å². The number of nitrogens with one attached hydrogen (secondary N) is 1. The second-order valence-electron chi connectivity index (χ2n) is 6.14. The number of hydrogen-bond donors (Lipinski definition) is 1. The van der Waals surface area contributed by atoms with Crippen LogP contribution in [0.3, 0.4) is 0 Å². The van der Waals surface area contributed by atoms with Crippen LogP contribution in [-0.2, 0) is 4.79 Å². The molecule has 1 amide bonds. The van der Waals surface area contributed by atoms with Crippen molar-refractivity contribution in [3.63, 3.8) is 0 Å². The van der Waals surface area contributed by atoms with Crippen molar-refractivity contribution in [1.82, 2.24) is 19.7 Å². The number of ether oxygens (including phenoxy) is 1. The summed E-state index contributed by atoms with van der Waals surface area (Å²) in [5.41, 5.74) is 3.99. The number of nitrogens with zero attached hydrogens (tertiary/aromatic N) is 4. The van der Waals surface area contributed by atoms with E-state index in [1.807, 2.05) is 52.0 Å². The molecule has 0 aliphatic rings. The van der Waals surface area contributed by atoms with Gasteiger partial charge >= 0.3 is 0 Å². The summed E-state index contributed by atoms with van der Waals surface area (Å²) in [4.78, 5) is 20.5. The van der Waals surface area contributed by atoms with E-state index in [-0.39, 0.29) is 12.5 Å². The van der Waals surface area contributed by atoms with Gasteiger partial charge in [0, 0.05) is 11.8 Å². The van der Waals surface area contributed by atoms with Crippen molar-refractivity contribution in [2.45, 2.75) is 27.7 Å². The Balaban J connectivity index is 1.67. The summed E-state index contributed by atoms with van der Waals surface area (Å²) >= 11 is 0. The molecule has 0 aliphatic carbocycles. The van der Waals surface area contributed by atoms with E-state index in [1.54, 1.807) is 10.7 Å². The maximum absolute atomic E-state index is 12.2. The number of carbonyl (C=O) groups is 1. The smallest absolute Gasteiger partial charge is 0.263 e. The Morgan fingerprint density at radius 1 is 1.15 bits per heavy atom. The number of benzene rings is 1. The van der Waals surface area contributed by atoms with Crippen LogP contribution in [0.4, 0.5) is 5.82 Å². The highest BCUT2D eigenvalue weighted by Crippen LogP contribution is 2.20. The van der Waals surface area contributed by atoms with Gasteiger partial charge in [-0.25, -0.2) is 14.6 Å². The zero-order valence-electron chi connectivity index (χ0n) is 15.3. The highest BCUT2D eigenvalue weighted by Gasteiger charge is 2.10. The molecule has 3 aromatic rings. The van der Waals surface area contributed by atoms with Crippen molar-refractivity contribution in [2.75, 3.05) is 11.9 Å². The lowest BCUT2D eigenvalue weighted by atomic mass is 10.1. The van der Waals surface area contributed by atoms with Crippen LogP contribution >= 0.6 is 0 Å². The molecule has 1 aromatic carbocycles. The normalized spacial score (nSPS) is 10.6. The number of hydrogen-bond acceptors (Lipinski definition) is 5. The van der Waals surface area contributed by atoms with E-state index in [0.717, 1.165) is 22.5 Å². The number of anilines is 1. The van der Waals surface area contributed by atoms with Gasteiger partial charge in [-0.1, -0.05) is 12.1 Å². The highest BCUT2D eigenvalue weighted by molar-refractivity contribution is 5.91. The Labute approximate surface area is 152 Å². The average Bonchev–Trinajstić information content (AvgIpc) is 2.95. The van der Waals surface area contributed by atoms with Crippen molar-refractivity contribution in [3.05, 3.63) is 59.2 Å². The fraction of sp³-hybridized carbons (Fsp3) is 0.263. The molecule has 7 nitrogen and oxygen atoms in total. The topological polar surface area (TPSA) is 81.9 Å². The minimum absolute atomic E-state index is 0.0937. The van der Waals surface area contributed by atoms with Crippen molar-refractivity contribution in [1.29, 1.82) is 0 Å². The molecule has 3 rings (SSSR count). The molecular weight excluding hydrogens is 330 g/mol. The van der Waals surface area contributed by atoms with Crippen LogP contribution in [0.5, 0.6) is 5.75 Å². The third kappa shape index (κ3) is 3.88. The predicted octanol–water partition coefficient (Wildman–Crippen LogP) is 2.91. The summed E-state index contributed by atoms with van der Waals surface area (Å²) in [5, 5.41) is 7.11. The first-order chi connectivity index (χ1) is 12.4. The lowest BCUT2D eigenvalue weighted by Gasteiger charge is -2.11. The minimum atomic E-state index is -0.288. The Kier molecular flexibility index (Phi) is 4.97. The molecular formula is C19H21N5O2. The third-order valence-corrected chi connectivity index (χ3v) is 4.06. The van der Waals surface area contributed by atoms with Gasteiger partial charge in [0.05, 0.1) is 5.69 Å². The molecule has 0 spiro atoms. The first-order valence-corrected chi connectivity index (χ1v) is 8.28. The van der Waals surface area contributed by atoms with Crippen LogP contribution < -0.4 is 10.1 Å². The predicted molar refractivity (Wildman–Crippen MR) is 98.7 cm³/mol. The minimum Gasteiger partial charge on any atom is -0.483 e. The first-order valence-electron chi connectivity index (χ1n) is 8.28. The second-order valence-corrected chi connectivity index (χ2v) is 6.14. The summed E-state index contributed by atoms with van der Waals surface area (Å²) in [6, 6.07) is 9.39. The first kappa shape index (κ1) is 17.6. The molecule has 7 heteroatoms. The van der Waals surface area contributed by atoms with Gasteiger partial charge in [-0.05, 0) is 51.0 Å². The highest BCUT2D eigenvalue weighted by atomic mass is 16.5. The Bertz CT molecular complexity index is 949. The molecule has 0 atom stereocenters. The quantitative estimate of drug-likeness (QED) is 0.764. The molecule has 0 saturated carbocycles. The van der Waals surface area contributed by atoms with Crippen LogP contribution in [0.2, 0.25) is 0 Å². The van der Waals surface area contributed by atoms with Crippen LogP contribution in [0.15, 0.2) is 36.7 Å². The van der Waals surface area contributed by atoms with Crippen molar-refractivity contribution in [2.24, 2.45) is 0 Å². The van der Waals surface area contributed by atoms with Crippen LogP contribution in [0.1, 0.15) is 22.5 Å². The number of carbonyl (C=O) groups excluding carboxylic acids is 1. The fourth-order valence-corrected chi connectivity index (χ4v) is 2.59. The van der Waals surface area contributed by atoms with Gasteiger partial charge < -0.3 is 10.1 Å². The van der Waals surface area contributed by atoms with Crippen molar-refractivity contribution in [3.8, 4) is 11.6 Å². The van der Waals surface area contributed by atoms with E-state index < -0.39 is 0 Å². The molecule has 0 aliphatic heterocycles. The van der Waals surface area contributed by atoms with Gasteiger partial charge in [-0.3, -0.25) is 4.79 Å². The van der Waals surface area contributed by atoms with Gasteiger partial charge in [0.25, 0.3) is 5.91 Å². The molecule has 0 bridgehead atoms. The van der Waals surface area contributed by atoms with E-state index in [0.29, 0.717) is 17.4 Å². The molecule has 0 fully saturated rings. The third-order valence-electron chi connectivity index (χ3n) is 4.06. The Hall–Kier alpha value is -3.22. The van der Waals surface area contributed by atoms with Crippen LogP contribution in [0.25, 0.3) is 5.82 Å². The standard InChI is InChI=1S/C19H21N5O2/c1-12-6-5-7-16(15(12)4)26-10-19(25)22-17-9-18(21-11-20-17)24-14(3)8-13(2)23-24/h5-9,11H,10H2,1-4H3,(H,20,21,22,25). The van der Waals surface area contributed by atoms with Crippen molar-refractivity contribution >= 4 is 11.7 Å². The number of aromatic nitrogens is 4. The molecule has 134 valence electrons. The molecule has 0 saturated heterocycles. The summed E-state index contributed by atoms with van der Waals surface area (Å²) in [5.74, 6) is 1.41. The summed E-state index contributed by atoms with van der Waals surface area (Å²) in [6.45, 7) is 7.73. The van der Waals surface area contributed by atoms with Gasteiger partial charge in [0.15, 0.2) is 12.4 Å². The fourth-order valence-electron chi connectivity index (χ4n) is 2.59. The molecule has 1 N–H and O–H groups in total. The zero-order valence-corrected chi connectivity index (χ0v) is 15.3. The SMILES string of the molecule is Cc1cc(C)n(-c2cc(NC(=O)COc3cccc(C)c3C)ncn2)n1.